The number of rotatable bonds is 2. The third-order valence-corrected chi connectivity index (χ3v) is 3.37. The number of aliphatic carboxylic acids is 1. The fraction of sp³-hybridized carbons (Fsp3) is 0.875. The van der Waals surface area contributed by atoms with E-state index in [0.717, 1.165) is 5.92 Å². The van der Waals surface area contributed by atoms with Crippen molar-refractivity contribution in [3.05, 3.63) is 0 Å². The topological polar surface area (TPSA) is 37.3 Å². The second-order valence-corrected chi connectivity index (χ2v) is 3.90. The van der Waals surface area contributed by atoms with E-state index >= 15 is 0 Å². The maximum absolute atomic E-state index is 10.6. The number of hydrogen-bond acceptors (Lipinski definition) is 1. The fourth-order valence-electron chi connectivity index (χ4n) is 2.34. The molecule has 0 unspecified atom stereocenters. The van der Waals surface area contributed by atoms with Crippen LogP contribution in [0.15, 0.2) is 0 Å². The molecule has 1 atom stereocenters. The van der Waals surface area contributed by atoms with Crippen molar-refractivity contribution < 1.29 is 9.90 Å². The van der Waals surface area contributed by atoms with Gasteiger partial charge in [-0.3, -0.25) is 4.79 Å². The highest BCUT2D eigenvalue weighted by atomic mass is 16.4. The minimum absolute atomic E-state index is 0.0995. The minimum Gasteiger partial charge on any atom is -0.481 e. The highest BCUT2D eigenvalue weighted by Gasteiger charge is 2.60. The van der Waals surface area contributed by atoms with Crippen LogP contribution in [0.3, 0.4) is 0 Å². The molecule has 2 bridgehead atoms. The Hall–Kier alpha value is -0.530. The first-order valence-corrected chi connectivity index (χ1v) is 3.87. The number of carboxylic acid groups (broad SMARTS) is 1. The Morgan fingerprint density at radius 3 is 2.20 bits per heavy atom. The maximum atomic E-state index is 10.6. The number of carbonyl (C=O) groups is 1. The van der Waals surface area contributed by atoms with E-state index < -0.39 is 5.97 Å². The average Bonchev–Trinajstić information content (AvgIpc) is 1.56. The molecule has 0 radical (unpaired) electrons. The summed E-state index contributed by atoms with van der Waals surface area (Å²) >= 11 is 0. The summed E-state index contributed by atoms with van der Waals surface area (Å²) in [4.78, 5) is 10.6. The van der Waals surface area contributed by atoms with Crippen LogP contribution in [0.25, 0.3) is 0 Å². The van der Waals surface area contributed by atoms with Gasteiger partial charge in [0.25, 0.3) is 0 Å². The van der Waals surface area contributed by atoms with Crippen molar-refractivity contribution in [3.8, 4) is 0 Å². The van der Waals surface area contributed by atoms with Gasteiger partial charge in [-0.15, -0.1) is 0 Å². The van der Waals surface area contributed by atoms with Crippen LogP contribution in [0.1, 0.15) is 26.2 Å². The van der Waals surface area contributed by atoms with Gasteiger partial charge in [0, 0.05) is 0 Å². The van der Waals surface area contributed by atoms with Crippen LogP contribution in [0, 0.1) is 17.3 Å². The van der Waals surface area contributed by atoms with Crippen LogP contribution in [0.4, 0.5) is 0 Å². The first kappa shape index (κ1) is 6.20. The molecule has 3 aliphatic rings. The zero-order valence-corrected chi connectivity index (χ0v) is 6.13. The molecule has 3 rings (SSSR count). The zero-order valence-electron chi connectivity index (χ0n) is 6.13. The van der Waals surface area contributed by atoms with Crippen molar-refractivity contribution in [2.24, 2.45) is 17.3 Å². The van der Waals surface area contributed by atoms with E-state index in [0.29, 0.717) is 0 Å². The van der Waals surface area contributed by atoms with E-state index in [1.165, 1.54) is 19.3 Å². The van der Waals surface area contributed by atoms with Gasteiger partial charge >= 0.3 is 5.97 Å². The molecular weight excluding hydrogens is 128 g/mol. The fourth-order valence-corrected chi connectivity index (χ4v) is 2.34. The van der Waals surface area contributed by atoms with E-state index in [2.05, 4.69) is 0 Å². The molecular formula is C8H12O2. The standard InChI is InChI=1S/C8H12O2/c1-5(7(9)10)8-2-6(3-8)4-8/h5-6H,2-4H2,1H3,(H,9,10)/t5-,6?,8?/m1/s1. The Kier molecular flexibility index (Phi) is 0.960. The molecule has 2 nitrogen and oxygen atoms in total. The highest BCUT2D eigenvalue weighted by Crippen LogP contribution is 2.68. The molecule has 0 heterocycles. The monoisotopic (exact) mass is 140 g/mol. The van der Waals surface area contributed by atoms with Crippen LogP contribution < -0.4 is 0 Å². The van der Waals surface area contributed by atoms with Gasteiger partial charge in [-0.1, -0.05) is 6.92 Å². The van der Waals surface area contributed by atoms with Gasteiger partial charge in [-0.2, -0.15) is 0 Å². The van der Waals surface area contributed by atoms with Gasteiger partial charge in [0.15, 0.2) is 0 Å². The Morgan fingerprint density at radius 1 is 1.60 bits per heavy atom. The smallest absolute Gasteiger partial charge is 0.306 e. The van der Waals surface area contributed by atoms with Gasteiger partial charge in [0.05, 0.1) is 5.92 Å². The predicted molar refractivity (Wildman–Crippen MR) is 36.6 cm³/mol. The molecule has 0 aromatic rings. The lowest BCUT2D eigenvalue weighted by atomic mass is 9.40. The molecule has 0 saturated heterocycles. The Labute approximate surface area is 60.2 Å². The second kappa shape index (κ2) is 1.55. The summed E-state index contributed by atoms with van der Waals surface area (Å²) in [6.45, 7) is 1.84. The van der Waals surface area contributed by atoms with Gasteiger partial charge in [0.2, 0.25) is 0 Å². The highest BCUT2D eigenvalue weighted by molar-refractivity contribution is 5.71. The van der Waals surface area contributed by atoms with Crippen molar-refractivity contribution in [1.29, 1.82) is 0 Å². The van der Waals surface area contributed by atoms with Crippen molar-refractivity contribution in [2.75, 3.05) is 0 Å². The summed E-state index contributed by atoms with van der Waals surface area (Å²) in [5, 5.41) is 8.71. The summed E-state index contributed by atoms with van der Waals surface area (Å²) < 4.78 is 0. The lowest BCUT2D eigenvalue weighted by Gasteiger charge is -2.64. The number of hydrogen-bond donors (Lipinski definition) is 1. The summed E-state index contributed by atoms with van der Waals surface area (Å²) in [6, 6.07) is 0. The first-order valence-electron chi connectivity index (χ1n) is 3.87. The molecule has 0 amide bonds. The summed E-state index contributed by atoms with van der Waals surface area (Å²) in [6.07, 6.45) is 3.54. The molecule has 3 saturated carbocycles. The maximum Gasteiger partial charge on any atom is 0.306 e. The number of carboxylic acids is 1. The summed E-state index contributed by atoms with van der Waals surface area (Å²) in [7, 11) is 0. The third kappa shape index (κ3) is 0.522. The van der Waals surface area contributed by atoms with Crippen molar-refractivity contribution in [3.63, 3.8) is 0 Å². The molecule has 3 fully saturated rings. The largest absolute Gasteiger partial charge is 0.481 e. The Morgan fingerprint density at radius 2 is 2.10 bits per heavy atom. The molecule has 0 aromatic carbocycles. The Bertz CT molecular complexity index is 169. The Balaban J connectivity index is 2.04. The van der Waals surface area contributed by atoms with E-state index in [9.17, 15) is 4.79 Å². The van der Waals surface area contributed by atoms with Crippen molar-refractivity contribution in [1.82, 2.24) is 0 Å². The normalized spacial score (nSPS) is 45.1. The van der Waals surface area contributed by atoms with E-state index in [-0.39, 0.29) is 11.3 Å². The van der Waals surface area contributed by atoms with E-state index in [1.54, 1.807) is 0 Å². The molecule has 0 spiro atoms. The SMILES string of the molecule is C[C@H](C(=O)O)C12CC(C1)C2. The van der Waals surface area contributed by atoms with Gasteiger partial charge in [-0.25, -0.2) is 0 Å². The molecule has 56 valence electrons. The second-order valence-electron chi connectivity index (χ2n) is 3.90. The van der Waals surface area contributed by atoms with Crippen molar-refractivity contribution in [2.45, 2.75) is 26.2 Å². The van der Waals surface area contributed by atoms with Gasteiger partial charge in [0.1, 0.15) is 0 Å². The van der Waals surface area contributed by atoms with Crippen LogP contribution in [0.5, 0.6) is 0 Å². The van der Waals surface area contributed by atoms with Crippen LogP contribution in [0.2, 0.25) is 0 Å². The van der Waals surface area contributed by atoms with Gasteiger partial charge < -0.3 is 5.11 Å². The quantitative estimate of drug-likeness (QED) is 0.631. The third-order valence-electron chi connectivity index (χ3n) is 3.37. The lowest BCUT2D eigenvalue weighted by Crippen LogP contribution is -2.57. The molecule has 1 N–H and O–H groups in total. The summed E-state index contributed by atoms with van der Waals surface area (Å²) in [5.41, 5.74) is 0.247. The minimum atomic E-state index is -0.613. The lowest BCUT2D eigenvalue weighted by molar-refractivity contribution is -0.178. The molecule has 3 aliphatic carbocycles. The first-order chi connectivity index (χ1) is 4.64. The molecule has 0 aromatic heterocycles. The molecule has 0 aliphatic heterocycles. The van der Waals surface area contributed by atoms with Crippen LogP contribution >= 0.6 is 0 Å². The summed E-state index contributed by atoms with van der Waals surface area (Å²) in [5.74, 6) is 0.178. The molecule has 2 heteroatoms. The van der Waals surface area contributed by atoms with Crippen LogP contribution in [-0.4, -0.2) is 11.1 Å². The predicted octanol–water partition coefficient (Wildman–Crippen LogP) is 1.51. The zero-order chi connectivity index (χ0) is 7.35. The van der Waals surface area contributed by atoms with E-state index in [4.69, 9.17) is 5.11 Å². The molecule has 10 heavy (non-hydrogen) atoms. The van der Waals surface area contributed by atoms with Crippen LogP contribution in [-0.2, 0) is 4.79 Å². The van der Waals surface area contributed by atoms with Crippen molar-refractivity contribution >= 4 is 5.97 Å². The average molecular weight is 140 g/mol. The van der Waals surface area contributed by atoms with Gasteiger partial charge in [-0.05, 0) is 30.6 Å². The van der Waals surface area contributed by atoms with E-state index in [1.807, 2.05) is 6.92 Å².